The highest BCUT2D eigenvalue weighted by atomic mass is 35.5. The molecule has 2 aromatic rings. The predicted molar refractivity (Wildman–Crippen MR) is 150 cm³/mol. The van der Waals surface area contributed by atoms with Crippen molar-refractivity contribution in [3.05, 3.63) is 59.1 Å². The van der Waals surface area contributed by atoms with Crippen LogP contribution in [0.1, 0.15) is 82.4 Å². The van der Waals surface area contributed by atoms with Gasteiger partial charge in [0.15, 0.2) is 0 Å². The second-order valence-electron chi connectivity index (χ2n) is 12.5. The number of carbonyl (C=O) groups excluding carboxylic acids is 2. The highest BCUT2D eigenvalue weighted by molar-refractivity contribution is 6.47. The van der Waals surface area contributed by atoms with E-state index in [9.17, 15) is 9.59 Å². The first-order chi connectivity index (χ1) is 18.5. The number of nitrogens with zero attached hydrogens (tertiary/aromatic N) is 2. The van der Waals surface area contributed by atoms with E-state index in [1.54, 1.807) is 18.2 Å². The van der Waals surface area contributed by atoms with Gasteiger partial charge >= 0.3 is 7.12 Å². The van der Waals surface area contributed by atoms with E-state index in [1.807, 2.05) is 6.07 Å². The molecule has 39 heavy (non-hydrogen) atoms. The van der Waals surface area contributed by atoms with E-state index < -0.39 is 19.1 Å². The Morgan fingerprint density at radius 3 is 2.64 bits per heavy atom. The van der Waals surface area contributed by atoms with Gasteiger partial charge in [0, 0.05) is 17.4 Å². The van der Waals surface area contributed by atoms with Crippen LogP contribution in [0.5, 0.6) is 0 Å². The number of benzene rings is 1. The topological polar surface area (TPSA) is 102 Å². The van der Waals surface area contributed by atoms with Crippen molar-refractivity contribution in [3.8, 4) is 0 Å². The first-order valence-electron chi connectivity index (χ1n) is 13.9. The number of halogens is 1. The molecular weight excluding hydrogens is 515 g/mol. The van der Waals surface area contributed by atoms with Crippen molar-refractivity contribution in [1.29, 1.82) is 0 Å². The maximum atomic E-state index is 13.5. The molecule has 1 aromatic heterocycles. The number of amides is 2. The Balaban J connectivity index is 1.31. The summed E-state index contributed by atoms with van der Waals surface area (Å²) < 4.78 is 13.2. The Morgan fingerprint density at radius 1 is 1.18 bits per heavy atom. The van der Waals surface area contributed by atoms with Gasteiger partial charge in [-0.2, -0.15) is 0 Å². The first-order valence-corrected chi connectivity index (χ1v) is 14.3. The van der Waals surface area contributed by atoms with Gasteiger partial charge in [-0.1, -0.05) is 51.4 Å². The maximum Gasteiger partial charge on any atom is 0.481 e. The second kappa shape index (κ2) is 10.8. The fourth-order valence-electron chi connectivity index (χ4n) is 6.89. The standard InChI is InChI=1S/C29H38BClN4O4/c1-17(2)11-25(30-38-24-14-19-13-23(28(19,3)4)29(24,5)39-30)35-26(36)15-21(18-7-6-8-20(31)12-18)34-27(37)22-16-32-9-10-33-22/h6-10,12,16-17,19,21,23-25H,11,13-15H2,1-5H3,(H,34,37)(H,35,36)/t19-,21?,23-,24+,25-,29-/m0/s1. The Morgan fingerprint density at radius 2 is 1.97 bits per heavy atom. The summed E-state index contributed by atoms with van der Waals surface area (Å²) in [7, 11) is -0.514. The Labute approximate surface area is 236 Å². The lowest BCUT2D eigenvalue weighted by Crippen LogP contribution is -2.65. The van der Waals surface area contributed by atoms with E-state index in [1.165, 1.54) is 25.0 Å². The SMILES string of the molecule is CC(C)C[C@H](NC(=O)CC(NC(=O)c1cnccn1)c1cccc(Cl)c1)B1O[C@@H]2C[C@@H]3C[C@@H](C3(C)C)[C@]2(C)O1. The molecule has 4 aliphatic rings. The van der Waals surface area contributed by atoms with Gasteiger partial charge in [0.1, 0.15) is 5.69 Å². The van der Waals surface area contributed by atoms with Crippen molar-refractivity contribution in [2.75, 3.05) is 0 Å². The van der Waals surface area contributed by atoms with Gasteiger partial charge in [0.05, 0.1) is 36.3 Å². The molecule has 2 amide bonds. The summed E-state index contributed by atoms with van der Waals surface area (Å²) in [5, 5.41) is 6.65. The van der Waals surface area contributed by atoms with Crippen molar-refractivity contribution in [2.24, 2.45) is 23.2 Å². The van der Waals surface area contributed by atoms with Gasteiger partial charge in [-0.05, 0) is 67.1 Å². The Hall–Kier alpha value is -2.49. The van der Waals surface area contributed by atoms with Crippen LogP contribution in [0, 0.1) is 23.2 Å². The van der Waals surface area contributed by atoms with Gasteiger partial charge in [0.25, 0.3) is 5.91 Å². The molecule has 6 rings (SSSR count). The van der Waals surface area contributed by atoms with Crippen LogP contribution in [-0.4, -0.2) is 46.5 Å². The van der Waals surface area contributed by atoms with Gasteiger partial charge in [-0.25, -0.2) is 4.98 Å². The van der Waals surface area contributed by atoms with Crippen LogP contribution in [0.25, 0.3) is 0 Å². The predicted octanol–water partition coefficient (Wildman–Crippen LogP) is 4.79. The van der Waals surface area contributed by atoms with Crippen LogP contribution in [-0.2, 0) is 14.1 Å². The molecule has 1 unspecified atom stereocenters. The molecule has 4 fully saturated rings. The molecule has 1 aromatic carbocycles. The highest BCUT2D eigenvalue weighted by Gasteiger charge is 2.68. The van der Waals surface area contributed by atoms with Crippen LogP contribution in [0.3, 0.4) is 0 Å². The van der Waals surface area contributed by atoms with E-state index in [2.05, 4.69) is 55.2 Å². The summed E-state index contributed by atoms with van der Waals surface area (Å²) in [4.78, 5) is 34.5. The Bertz CT molecular complexity index is 1210. The minimum Gasteiger partial charge on any atom is -0.404 e. The van der Waals surface area contributed by atoms with E-state index >= 15 is 0 Å². The zero-order chi connectivity index (χ0) is 27.9. The van der Waals surface area contributed by atoms with Crippen molar-refractivity contribution in [3.63, 3.8) is 0 Å². The number of nitrogens with one attached hydrogen (secondary N) is 2. The highest BCUT2D eigenvalue weighted by Crippen LogP contribution is 2.65. The lowest BCUT2D eigenvalue weighted by atomic mass is 9.43. The molecule has 3 aliphatic carbocycles. The third-order valence-electron chi connectivity index (χ3n) is 9.11. The minimum absolute atomic E-state index is 0.0199. The molecule has 2 heterocycles. The monoisotopic (exact) mass is 552 g/mol. The van der Waals surface area contributed by atoms with Crippen LogP contribution >= 0.6 is 11.6 Å². The fraction of sp³-hybridized carbons (Fsp3) is 0.586. The molecule has 2 N–H and O–H groups in total. The lowest BCUT2D eigenvalue weighted by molar-refractivity contribution is -0.199. The number of carbonyl (C=O) groups is 2. The van der Waals surface area contributed by atoms with E-state index in [0.29, 0.717) is 29.2 Å². The number of hydrogen-bond donors (Lipinski definition) is 2. The quantitative estimate of drug-likeness (QED) is 0.434. The number of rotatable bonds is 9. The lowest BCUT2D eigenvalue weighted by Gasteiger charge is -2.64. The third kappa shape index (κ3) is 5.58. The average Bonchev–Trinajstić information content (AvgIpc) is 3.25. The zero-order valence-electron chi connectivity index (χ0n) is 23.3. The summed E-state index contributed by atoms with van der Waals surface area (Å²) >= 11 is 6.25. The summed E-state index contributed by atoms with van der Waals surface area (Å²) in [6.45, 7) is 11.1. The molecule has 6 atom stereocenters. The molecular formula is C29H38BClN4O4. The summed E-state index contributed by atoms with van der Waals surface area (Å²) in [5.74, 6) is 0.483. The summed E-state index contributed by atoms with van der Waals surface area (Å²) in [5.41, 5.74) is 0.791. The summed E-state index contributed by atoms with van der Waals surface area (Å²) in [6, 6.07) is 6.54. The maximum absolute atomic E-state index is 13.5. The summed E-state index contributed by atoms with van der Waals surface area (Å²) in [6.07, 6.45) is 7.28. The van der Waals surface area contributed by atoms with E-state index in [4.69, 9.17) is 20.9 Å². The molecule has 0 radical (unpaired) electrons. The molecule has 8 nitrogen and oxygen atoms in total. The van der Waals surface area contributed by atoms with Crippen LogP contribution in [0.15, 0.2) is 42.9 Å². The molecule has 3 saturated carbocycles. The third-order valence-corrected chi connectivity index (χ3v) is 9.35. The second-order valence-corrected chi connectivity index (χ2v) is 13.0. The van der Waals surface area contributed by atoms with Crippen molar-refractivity contribution >= 4 is 30.5 Å². The van der Waals surface area contributed by atoms with Crippen molar-refractivity contribution in [1.82, 2.24) is 20.6 Å². The molecule has 10 heteroatoms. The van der Waals surface area contributed by atoms with Gasteiger partial charge in [0.2, 0.25) is 5.91 Å². The number of hydrogen-bond acceptors (Lipinski definition) is 6. The molecule has 208 valence electrons. The largest absolute Gasteiger partial charge is 0.481 e. The normalized spacial score (nSPS) is 28.3. The molecule has 0 spiro atoms. The average molecular weight is 553 g/mol. The first kappa shape index (κ1) is 28.1. The van der Waals surface area contributed by atoms with Gasteiger partial charge in [-0.15, -0.1) is 0 Å². The zero-order valence-corrected chi connectivity index (χ0v) is 24.1. The molecule has 1 saturated heterocycles. The molecule has 1 aliphatic heterocycles. The van der Waals surface area contributed by atoms with Crippen LogP contribution < -0.4 is 10.6 Å². The van der Waals surface area contributed by atoms with E-state index in [-0.39, 0.29) is 41.1 Å². The van der Waals surface area contributed by atoms with Crippen LogP contribution in [0.2, 0.25) is 5.02 Å². The van der Waals surface area contributed by atoms with Gasteiger partial charge < -0.3 is 19.9 Å². The molecule has 2 bridgehead atoms. The smallest absolute Gasteiger partial charge is 0.404 e. The number of aromatic nitrogens is 2. The van der Waals surface area contributed by atoms with Crippen molar-refractivity contribution in [2.45, 2.75) is 84.0 Å². The minimum atomic E-state index is -0.614. The fourth-order valence-corrected chi connectivity index (χ4v) is 7.09. The van der Waals surface area contributed by atoms with Crippen molar-refractivity contribution < 1.29 is 18.9 Å². The van der Waals surface area contributed by atoms with Crippen LogP contribution in [0.4, 0.5) is 0 Å². The Kier molecular flexibility index (Phi) is 7.79. The van der Waals surface area contributed by atoms with Gasteiger partial charge in [-0.3, -0.25) is 14.6 Å². The van der Waals surface area contributed by atoms with E-state index in [0.717, 1.165) is 12.0 Å².